The second kappa shape index (κ2) is 6.53. The number of ether oxygens (including phenoxy) is 2. The monoisotopic (exact) mass is 257 g/mol. The van der Waals surface area contributed by atoms with Crippen LogP contribution in [0.3, 0.4) is 0 Å². The standard InChI is InChI=1S/C14H27NO3/c1-5-12(15)14(9-13(16)17-4)6-7-18-11(8-14)10(2)3/h10-12H,5-9,15H2,1-4H3. The lowest BCUT2D eigenvalue weighted by molar-refractivity contribution is -0.148. The van der Waals surface area contributed by atoms with Crippen LogP contribution < -0.4 is 5.73 Å². The lowest BCUT2D eigenvalue weighted by Crippen LogP contribution is -2.50. The molecule has 0 aromatic heterocycles. The van der Waals surface area contributed by atoms with Crippen LogP contribution in [0.15, 0.2) is 0 Å². The highest BCUT2D eigenvalue weighted by atomic mass is 16.5. The first-order valence-electron chi connectivity index (χ1n) is 6.89. The van der Waals surface area contributed by atoms with E-state index in [-0.39, 0.29) is 23.5 Å². The molecule has 1 rings (SSSR count). The van der Waals surface area contributed by atoms with Crippen LogP contribution in [0.5, 0.6) is 0 Å². The number of hydrogen-bond donors (Lipinski definition) is 1. The molecule has 4 nitrogen and oxygen atoms in total. The van der Waals surface area contributed by atoms with E-state index < -0.39 is 0 Å². The molecule has 0 amide bonds. The van der Waals surface area contributed by atoms with Gasteiger partial charge in [0.2, 0.25) is 0 Å². The van der Waals surface area contributed by atoms with Crippen LogP contribution in [0.2, 0.25) is 0 Å². The Morgan fingerprint density at radius 1 is 1.56 bits per heavy atom. The minimum atomic E-state index is -0.164. The van der Waals surface area contributed by atoms with Crippen LogP contribution in [0, 0.1) is 11.3 Å². The third-order valence-electron chi connectivity index (χ3n) is 4.23. The SMILES string of the molecule is CCC(N)C1(CC(=O)OC)CCOC(C(C)C)C1. The molecule has 1 heterocycles. The zero-order chi connectivity index (χ0) is 13.8. The third kappa shape index (κ3) is 3.45. The molecule has 0 aromatic carbocycles. The van der Waals surface area contributed by atoms with Gasteiger partial charge >= 0.3 is 5.97 Å². The number of carbonyl (C=O) groups excluding carboxylic acids is 1. The van der Waals surface area contributed by atoms with Gasteiger partial charge in [0.15, 0.2) is 0 Å². The van der Waals surface area contributed by atoms with Crippen molar-refractivity contribution in [3.63, 3.8) is 0 Å². The van der Waals surface area contributed by atoms with Gasteiger partial charge in [0.05, 0.1) is 19.6 Å². The molecule has 0 saturated carbocycles. The first-order valence-corrected chi connectivity index (χ1v) is 6.89. The number of hydrogen-bond acceptors (Lipinski definition) is 4. The Balaban J connectivity index is 2.86. The molecule has 1 saturated heterocycles. The molecule has 3 atom stereocenters. The predicted octanol–water partition coefficient (Wildman–Crippen LogP) is 2.11. The molecule has 3 unspecified atom stereocenters. The molecule has 0 aromatic rings. The van der Waals surface area contributed by atoms with Crippen LogP contribution in [0.1, 0.15) is 46.5 Å². The Hall–Kier alpha value is -0.610. The van der Waals surface area contributed by atoms with Crippen LogP contribution >= 0.6 is 0 Å². The summed E-state index contributed by atoms with van der Waals surface area (Å²) in [6.45, 7) is 7.06. The Kier molecular flexibility index (Phi) is 5.60. The Morgan fingerprint density at radius 3 is 2.72 bits per heavy atom. The normalized spacial score (nSPS) is 30.2. The van der Waals surface area contributed by atoms with Crippen LogP contribution in [0.25, 0.3) is 0 Å². The van der Waals surface area contributed by atoms with Crippen molar-refractivity contribution in [1.29, 1.82) is 0 Å². The summed E-state index contributed by atoms with van der Waals surface area (Å²) in [5.74, 6) is 0.287. The summed E-state index contributed by atoms with van der Waals surface area (Å²) in [5.41, 5.74) is 6.13. The minimum absolute atomic E-state index is 0.0294. The molecule has 1 fully saturated rings. The fourth-order valence-electron chi connectivity index (χ4n) is 2.82. The van der Waals surface area contributed by atoms with Gasteiger partial charge in [-0.05, 0) is 25.2 Å². The maximum atomic E-state index is 11.7. The first-order chi connectivity index (χ1) is 8.45. The second-order valence-electron chi connectivity index (χ2n) is 5.74. The highest BCUT2D eigenvalue weighted by molar-refractivity contribution is 5.70. The van der Waals surface area contributed by atoms with Crippen molar-refractivity contribution in [2.45, 2.75) is 58.6 Å². The van der Waals surface area contributed by atoms with Crippen molar-refractivity contribution < 1.29 is 14.3 Å². The zero-order valence-electron chi connectivity index (χ0n) is 12.1. The minimum Gasteiger partial charge on any atom is -0.469 e. The number of esters is 1. The van der Waals surface area contributed by atoms with Gasteiger partial charge in [-0.2, -0.15) is 0 Å². The third-order valence-corrected chi connectivity index (χ3v) is 4.23. The molecule has 4 heteroatoms. The van der Waals surface area contributed by atoms with Gasteiger partial charge < -0.3 is 15.2 Å². The maximum absolute atomic E-state index is 11.7. The van der Waals surface area contributed by atoms with Gasteiger partial charge in [-0.1, -0.05) is 20.8 Å². The summed E-state index contributed by atoms with van der Waals surface area (Å²) in [4.78, 5) is 11.7. The van der Waals surface area contributed by atoms with E-state index >= 15 is 0 Å². The van der Waals surface area contributed by atoms with Crippen molar-refractivity contribution in [2.24, 2.45) is 17.1 Å². The maximum Gasteiger partial charge on any atom is 0.306 e. The van der Waals surface area contributed by atoms with E-state index in [1.165, 1.54) is 7.11 Å². The largest absolute Gasteiger partial charge is 0.469 e. The van der Waals surface area contributed by atoms with Gasteiger partial charge in [0.1, 0.15) is 0 Å². The summed E-state index contributed by atoms with van der Waals surface area (Å²) < 4.78 is 10.6. The van der Waals surface area contributed by atoms with E-state index in [1.807, 2.05) is 0 Å². The molecular formula is C14H27NO3. The Morgan fingerprint density at radius 2 is 2.22 bits per heavy atom. The molecule has 0 radical (unpaired) electrons. The Labute approximate surface area is 110 Å². The zero-order valence-corrected chi connectivity index (χ0v) is 12.1. The highest BCUT2D eigenvalue weighted by Crippen LogP contribution is 2.42. The number of carbonyl (C=O) groups is 1. The predicted molar refractivity (Wildman–Crippen MR) is 71.1 cm³/mol. The van der Waals surface area contributed by atoms with E-state index in [4.69, 9.17) is 15.2 Å². The van der Waals surface area contributed by atoms with Gasteiger partial charge in [-0.25, -0.2) is 0 Å². The molecule has 106 valence electrons. The average molecular weight is 257 g/mol. The second-order valence-corrected chi connectivity index (χ2v) is 5.74. The van der Waals surface area contributed by atoms with Gasteiger partial charge in [0, 0.05) is 18.1 Å². The van der Waals surface area contributed by atoms with E-state index in [9.17, 15) is 4.79 Å². The van der Waals surface area contributed by atoms with Crippen molar-refractivity contribution in [2.75, 3.05) is 13.7 Å². The van der Waals surface area contributed by atoms with E-state index in [0.29, 0.717) is 18.9 Å². The molecule has 1 aliphatic heterocycles. The van der Waals surface area contributed by atoms with Crippen molar-refractivity contribution in [3.05, 3.63) is 0 Å². The summed E-state index contributed by atoms with van der Waals surface area (Å²) in [5, 5.41) is 0. The molecule has 0 bridgehead atoms. The van der Waals surface area contributed by atoms with Gasteiger partial charge in [-0.3, -0.25) is 4.79 Å². The summed E-state index contributed by atoms with van der Waals surface area (Å²) in [6, 6.07) is 0.0294. The molecule has 0 aliphatic carbocycles. The lowest BCUT2D eigenvalue weighted by atomic mass is 9.68. The number of methoxy groups -OCH3 is 1. The quantitative estimate of drug-likeness (QED) is 0.766. The van der Waals surface area contributed by atoms with E-state index in [0.717, 1.165) is 19.3 Å². The summed E-state index contributed by atoms with van der Waals surface area (Å²) in [6.07, 6.45) is 3.18. The number of nitrogens with two attached hydrogens (primary N) is 1. The first kappa shape index (κ1) is 15.4. The van der Waals surface area contributed by atoms with Gasteiger partial charge in [-0.15, -0.1) is 0 Å². The fourth-order valence-corrected chi connectivity index (χ4v) is 2.82. The molecule has 18 heavy (non-hydrogen) atoms. The van der Waals surface area contributed by atoms with E-state index in [1.54, 1.807) is 0 Å². The molecule has 1 aliphatic rings. The lowest BCUT2D eigenvalue weighted by Gasteiger charge is -2.45. The smallest absolute Gasteiger partial charge is 0.306 e. The highest BCUT2D eigenvalue weighted by Gasteiger charge is 2.43. The van der Waals surface area contributed by atoms with E-state index in [2.05, 4.69) is 20.8 Å². The molecule has 0 spiro atoms. The number of rotatable bonds is 5. The van der Waals surface area contributed by atoms with Crippen LogP contribution in [-0.2, 0) is 14.3 Å². The summed E-state index contributed by atoms with van der Waals surface area (Å²) >= 11 is 0. The Bertz CT molecular complexity index is 280. The van der Waals surface area contributed by atoms with Crippen molar-refractivity contribution >= 4 is 5.97 Å². The topological polar surface area (TPSA) is 61.6 Å². The molecule has 2 N–H and O–H groups in total. The summed E-state index contributed by atoms with van der Waals surface area (Å²) in [7, 11) is 1.44. The molecular weight excluding hydrogens is 230 g/mol. The van der Waals surface area contributed by atoms with Crippen molar-refractivity contribution in [1.82, 2.24) is 0 Å². The van der Waals surface area contributed by atoms with Gasteiger partial charge in [0.25, 0.3) is 0 Å². The van der Waals surface area contributed by atoms with Crippen molar-refractivity contribution in [3.8, 4) is 0 Å². The fraction of sp³-hybridized carbons (Fsp3) is 0.929. The van der Waals surface area contributed by atoms with Crippen LogP contribution in [-0.4, -0.2) is 31.8 Å². The average Bonchev–Trinajstić information content (AvgIpc) is 2.37. The van der Waals surface area contributed by atoms with Crippen LogP contribution in [0.4, 0.5) is 0 Å².